The van der Waals surface area contributed by atoms with Crippen molar-refractivity contribution in [2.24, 2.45) is 5.73 Å². The summed E-state index contributed by atoms with van der Waals surface area (Å²) in [4.78, 5) is 29.9. The highest BCUT2D eigenvalue weighted by Gasteiger charge is 2.51. The number of amides is 2. The lowest BCUT2D eigenvalue weighted by molar-refractivity contribution is -0.204. The van der Waals surface area contributed by atoms with Crippen molar-refractivity contribution in [2.45, 2.75) is 37.8 Å². The predicted molar refractivity (Wildman–Crippen MR) is 78.3 cm³/mol. The molecule has 0 atom stereocenters. The van der Waals surface area contributed by atoms with Crippen molar-refractivity contribution in [1.82, 2.24) is 10.2 Å². The number of alkyl halides is 9. The second-order valence-corrected chi connectivity index (χ2v) is 5.16. The molecule has 0 spiro atoms. The first kappa shape index (κ1) is 29.1. The largest absolute Gasteiger partial charge is 0.490 e. The van der Waals surface area contributed by atoms with Gasteiger partial charge >= 0.3 is 36.3 Å². The molecular weight excluding hydrogens is 433 g/mol. The van der Waals surface area contributed by atoms with Crippen LogP contribution in [0.5, 0.6) is 0 Å². The molecule has 0 bridgehead atoms. The molecule has 0 aromatic rings. The van der Waals surface area contributed by atoms with Gasteiger partial charge in [-0.05, 0) is 38.9 Å². The second kappa shape index (κ2) is 12.5. The number of nitrogens with zero attached hydrogens (tertiary/aromatic N) is 1. The summed E-state index contributed by atoms with van der Waals surface area (Å²) >= 11 is 0. The molecule has 0 unspecified atom stereocenters. The number of imide groups is 1. The summed E-state index contributed by atoms with van der Waals surface area (Å²) in [5.74, 6) is -8.38. The van der Waals surface area contributed by atoms with Crippen molar-refractivity contribution in [3.8, 4) is 0 Å². The van der Waals surface area contributed by atoms with Crippen LogP contribution in [0.2, 0.25) is 0 Å². The van der Waals surface area contributed by atoms with Crippen LogP contribution in [0.4, 0.5) is 39.5 Å². The van der Waals surface area contributed by atoms with E-state index in [1.165, 1.54) is 0 Å². The molecule has 0 saturated heterocycles. The zero-order chi connectivity index (χ0) is 23.5. The zero-order valence-corrected chi connectivity index (χ0v) is 14.5. The van der Waals surface area contributed by atoms with Gasteiger partial charge in [-0.3, -0.25) is 14.5 Å². The SMILES string of the molecule is NCCCNCCCCN(C(=O)C(F)(F)F)C(=O)C(F)(F)F.O=C(O)C(F)(F)F. The van der Waals surface area contributed by atoms with E-state index in [0.717, 1.165) is 0 Å². The number of unbranched alkanes of at least 4 members (excludes halogenated alkanes) is 1. The topological polar surface area (TPSA) is 113 Å². The number of hydrogen-bond donors (Lipinski definition) is 3. The normalized spacial score (nSPS) is 12.1. The smallest absolute Gasteiger partial charge is 0.475 e. The van der Waals surface area contributed by atoms with E-state index in [2.05, 4.69) is 5.32 Å². The van der Waals surface area contributed by atoms with Crippen LogP contribution in [0.25, 0.3) is 0 Å². The Morgan fingerprint density at radius 2 is 1.14 bits per heavy atom. The van der Waals surface area contributed by atoms with Crippen LogP contribution < -0.4 is 11.1 Å². The standard InChI is InChI=1S/C11H17F6N3O2.C2HF3O2/c12-10(13,14)8(21)20(9(22)11(15,16)17)7-2-1-5-19-6-3-4-18;3-2(4,5)1(6)7/h19H,1-7,18H2;(H,6,7). The summed E-state index contributed by atoms with van der Waals surface area (Å²) < 4.78 is 105. The van der Waals surface area contributed by atoms with Crippen LogP contribution in [-0.4, -0.2) is 72.5 Å². The molecule has 7 nitrogen and oxygen atoms in total. The van der Waals surface area contributed by atoms with Crippen LogP contribution in [0.3, 0.4) is 0 Å². The highest BCUT2D eigenvalue weighted by molar-refractivity contribution is 6.00. The van der Waals surface area contributed by atoms with Crippen LogP contribution in [0, 0.1) is 0 Å². The average molecular weight is 451 g/mol. The minimum atomic E-state index is -5.54. The minimum Gasteiger partial charge on any atom is -0.475 e. The fourth-order valence-electron chi connectivity index (χ4n) is 1.47. The van der Waals surface area contributed by atoms with Gasteiger partial charge in [0.2, 0.25) is 0 Å². The lowest BCUT2D eigenvalue weighted by Crippen LogP contribution is -2.50. The van der Waals surface area contributed by atoms with Crippen molar-refractivity contribution in [2.75, 3.05) is 26.2 Å². The third kappa shape index (κ3) is 13.7. The maximum Gasteiger partial charge on any atom is 0.490 e. The number of hydrogen-bond acceptors (Lipinski definition) is 5. The zero-order valence-electron chi connectivity index (χ0n) is 14.5. The van der Waals surface area contributed by atoms with Gasteiger partial charge in [-0.1, -0.05) is 0 Å². The number of aliphatic carboxylic acids is 1. The molecule has 0 fully saturated rings. The molecule has 4 N–H and O–H groups in total. The molecule has 0 heterocycles. The van der Waals surface area contributed by atoms with Crippen molar-refractivity contribution in [1.29, 1.82) is 0 Å². The first-order valence-electron chi connectivity index (χ1n) is 7.67. The molecule has 0 aromatic heterocycles. The Morgan fingerprint density at radius 1 is 0.759 bits per heavy atom. The molecular formula is C13H18F9N3O4. The van der Waals surface area contributed by atoms with E-state index >= 15 is 0 Å². The Hall–Kier alpha value is -2.10. The van der Waals surface area contributed by atoms with Gasteiger partial charge in [0, 0.05) is 6.54 Å². The Bertz CT molecular complexity index is 507. The number of rotatable bonds is 8. The minimum absolute atomic E-state index is 0.181. The number of nitrogens with two attached hydrogens (primary N) is 1. The lowest BCUT2D eigenvalue weighted by atomic mass is 10.2. The molecule has 0 aromatic carbocycles. The monoisotopic (exact) mass is 451 g/mol. The Balaban J connectivity index is 0. The van der Waals surface area contributed by atoms with Gasteiger partial charge in [0.05, 0.1) is 0 Å². The number of halogens is 9. The lowest BCUT2D eigenvalue weighted by Gasteiger charge is -2.22. The van der Waals surface area contributed by atoms with Crippen molar-refractivity contribution in [3.63, 3.8) is 0 Å². The highest BCUT2D eigenvalue weighted by atomic mass is 19.4. The van der Waals surface area contributed by atoms with Crippen LogP contribution in [0.15, 0.2) is 0 Å². The molecule has 0 radical (unpaired) electrons. The van der Waals surface area contributed by atoms with E-state index in [9.17, 15) is 49.1 Å². The van der Waals surface area contributed by atoms with E-state index in [1.807, 2.05) is 0 Å². The van der Waals surface area contributed by atoms with E-state index in [1.54, 1.807) is 0 Å². The van der Waals surface area contributed by atoms with Crippen molar-refractivity contribution in [3.05, 3.63) is 0 Å². The van der Waals surface area contributed by atoms with Crippen molar-refractivity contribution >= 4 is 17.8 Å². The summed E-state index contributed by atoms with van der Waals surface area (Å²) in [5.41, 5.74) is 5.22. The van der Waals surface area contributed by atoms with Crippen LogP contribution >= 0.6 is 0 Å². The van der Waals surface area contributed by atoms with Gasteiger partial charge in [-0.15, -0.1) is 0 Å². The van der Waals surface area contributed by atoms with Crippen LogP contribution in [0.1, 0.15) is 19.3 Å². The summed E-state index contributed by atoms with van der Waals surface area (Å²) in [6.07, 6.45) is -15.5. The van der Waals surface area contributed by atoms with Gasteiger partial charge in [0.25, 0.3) is 0 Å². The molecule has 0 rings (SSSR count). The molecule has 0 aliphatic heterocycles. The Morgan fingerprint density at radius 3 is 1.45 bits per heavy atom. The maximum absolute atomic E-state index is 12.2. The van der Waals surface area contributed by atoms with Gasteiger partial charge in [0.1, 0.15) is 0 Å². The highest BCUT2D eigenvalue weighted by Crippen LogP contribution is 2.24. The van der Waals surface area contributed by atoms with Gasteiger partial charge < -0.3 is 16.2 Å². The molecule has 172 valence electrons. The summed E-state index contributed by atoms with van der Waals surface area (Å²) in [6, 6.07) is 0. The fourth-order valence-corrected chi connectivity index (χ4v) is 1.47. The molecule has 0 aliphatic carbocycles. The molecule has 2 amide bonds. The van der Waals surface area contributed by atoms with Crippen molar-refractivity contribution < 1.29 is 59.0 Å². The van der Waals surface area contributed by atoms with E-state index < -0.39 is 47.8 Å². The van der Waals surface area contributed by atoms with E-state index in [0.29, 0.717) is 26.1 Å². The molecule has 0 saturated carbocycles. The van der Waals surface area contributed by atoms with E-state index in [4.69, 9.17) is 15.6 Å². The first-order chi connectivity index (χ1) is 13.0. The maximum atomic E-state index is 12.2. The van der Waals surface area contributed by atoms with Gasteiger partial charge in [-0.2, -0.15) is 39.5 Å². The Labute approximate surface area is 158 Å². The summed E-state index contributed by atoms with van der Waals surface area (Å²) in [5, 5.41) is 9.99. The third-order valence-corrected chi connectivity index (χ3v) is 2.76. The fraction of sp³-hybridized carbons (Fsp3) is 0.769. The molecule has 16 heteroatoms. The van der Waals surface area contributed by atoms with Gasteiger partial charge in [-0.25, -0.2) is 4.79 Å². The number of nitrogens with one attached hydrogen (secondary N) is 1. The first-order valence-corrected chi connectivity index (χ1v) is 7.67. The summed E-state index contributed by atoms with van der Waals surface area (Å²) in [6.45, 7) is 0.383. The third-order valence-electron chi connectivity index (χ3n) is 2.76. The average Bonchev–Trinajstić information content (AvgIpc) is 2.54. The quantitative estimate of drug-likeness (QED) is 0.384. The molecule has 29 heavy (non-hydrogen) atoms. The van der Waals surface area contributed by atoms with Crippen LogP contribution in [-0.2, 0) is 14.4 Å². The second-order valence-electron chi connectivity index (χ2n) is 5.16. The predicted octanol–water partition coefficient (Wildman–Crippen LogP) is 1.82. The Kier molecular flexibility index (Phi) is 12.5. The van der Waals surface area contributed by atoms with Gasteiger partial charge in [0.15, 0.2) is 0 Å². The number of carboxylic acids is 1. The summed E-state index contributed by atoms with van der Waals surface area (Å²) in [7, 11) is 0. The number of carbonyl (C=O) groups is 3. The number of carboxylic acid groups (broad SMARTS) is 1. The number of carbonyl (C=O) groups excluding carboxylic acids is 2. The molecule has 0 aliphatic rings. The van der Waals surface area contributed by atoms with E-state index in [-0.39, 0.29) is 12.8 Å².